The van der Waals surface area contributed by atoms with E-state index in [4.69, 9.17) is 28.2 Å². The van der Waals surface area contributed by atoms with Crippen molar-refractivity contribution in [2.24, 2.45) is 4.99 Å². The Labute approximate surface area is 180 Å². The molecule has 0 bridgehead atoms. The molecule has 1 aromatic rings. The van der Waals surface area contributed by atoms with Crippen LogP contribution in [-0.4, -0.2) is 68.1 Å². The molecule has 2 N–H and O–H groups in total. The van der Waals surface area contributed by atoms with E-state index in [9.17, 15) is 0 Å². The lowest BCUT2D eigenvalue weighted by Crippen LogP contribution is -2.46. The molecule has 28 heavy (non-hydrogen) atoms. The predicted octanol–water partition coefficient (Wildman–Crippen LogP) is 4.03. The third kappa shape index (κ3) is 7.78. The molecule has 1 aromatic carbocycles. The summed E-state index contributed by atoms with van der Waals surface area (Å²) in [6.45, 7) is 15.2. The Hall–Kier alpha value is -1.01. The Balaban J connectivity index is 1.75. The standard InChI is InChI=1S/C21H35Cl2N5/c1-4-24-21(26-17(3)19-9-8-18(22)16-20(19)23)25-10-6-7-11-28-14-12-27(5-2)13-15-28/h8-9,16-17H,4-7,10-15H2,1-3H3,(H2,24,25,26). The molecule has 1 atom stereocenters. The van der Waals surface area contributed by atoms with Gasteiger partial charge in [-0.15, -0.1) is 0 Å². The summed E-state index contributed by atoms with van der Waals surface area (Å²) in [5.41, 5.74) is 1.02. The number of unbranched alkanes of at least 4 members (excludes halogenated alkanes) is 1. The lowest BCUT2D eigenvalue weighted by molar-refractivity contribution is 0.136. The van der Waals surface area contributed by atoms with Gasteiger partial charge in [-0.25, -0.2) is 0 Å². The second-order valence-corrected chi connectivity index (χ2v) is 8.12. The highest BCUT2D eigenvalue weighted by atomic mass is 35.5. The molecular weight excluding hydrogens is 393 g/mol. The molecule has 5 nitrogen and oxygen atoms in total. The summed E-state index contributed by atoms with van der Waals surface area (Å²) in [7, 11) is 0. The summed E-state index contributed by atoms with van der Waals surface area (Å²) >= 11 is 12.3. The van der Waals surface area contributed by atoms with Crippen molar-refractivity contribution in [1.82, 2.24) is 20.4 Å². The van der Waals surface area contributed by atoms with Crippen LogP contribution in [0.1, 0.15) is 45.2 Å². The average molecular weight is 428 g/mol. The molecule has 158 valence electrons. The Kier molecular flexibility index (Phi) is 10.4. The average Bonchev–Trinajstić information content (AvgIpc) is 2.68. The molecule has 1 saturated heterocycles. The minimum absolute atomic E-state index is 0.0532. The molecule has 0 spiro atoms. The number of nitrogens with one attached hydrogen (secondary N) is 2. The van der Waals surface area contributed by atoms with Crippen molar-refractivity contribution in [2.75, 3.05) is 52.4 Å². The lowest BCUT2D eigenvalue weighted by Gasteiger charge is -2.33. The summed E-state index contributed by atoms with van der Waals surface area (Å²) in [5.74, 6) is 0.831. The number of hydrogen-bond acceptors (Lipinski definition) is 3. The maximum Gasteiger partial charge on any atom is 0.191 e. The van der Waals surface area contributed by atoms with Crippen LogP contribution in [0.15, 0.2) is 23.2 Å². The van der Waals surface area contributed by atoms with Gasteiger partial charge in [0.05, 0.1) is 6.04 Å². The fourth-order valence-electron chi connectivity index (χ4n) is 3.42. The Morgan fingerprint density at radius 1 is 1.11 bits per heavy atom. The number of hydrogen-bond donors (Lipinski definition) is 2. The van der Waals surface area contributed by atoms with E-state index in [1.54, 1.807) is 6.07 Å². The molecule has 7 heteroatoms. The van der Waals surface area contributed by atoms with Crippen molar-refractivity contribution < 1.29 is 0 Å². The van der Waals surface area contributed by atoms with E-state index >= 15 is 0 Å². The third-order valence-corrected chi connectivity index (χ3v) is 5.75. The predicted molar refractivity (Wildman–Crippen MR) is 122 cm³/mol. The molecule has 1 unspecified atom stereocenters. The van der Waals surface area contributed by atoms with E-state index in [1.165, 1.54) is 45.7 Å². The van der Waals surface area contributed by atoms with Crippen molar-refractivity contribution in [3.05, 3.63) is 33.8 Å². The fourth-order valence-corrected chi connectivity index (χ4v) is 3.99. The number of aliphatic imine (C=N–C) groups is 1. The van der Waals surface area contributed by atoms with E-state index in [0.717, 1.165) is 31.0 Å². The van der Waals surface area contributed by atoms with Crippen LogP contribution in [0, 0.1) is 0 Å². The van der Waals surface area contributed by atoms with Crippen LogP contribution in [0.3, 0.4) is 0 Å². The Morgan fingerprint density at radius 2 is 1.82 bits per heavy atom. The monoisotopic (exact) mass is 427 g/mol. The Morgan fingerprint density at radius 3 is 2.46 bits per heavy atom. The summed E-state index contributed by atoms with van der Waals surface area (Å²) < 4.78 is 0. The maximum atomic E-state index is 6.33. The van der Waals surface area contributed by atoms with Gasteiger partial charge in [-0.3, -0.25) is 4.99 Å². The summed E-state index contributed by atoms with van der Waals surface area (Å²) in [5, 5.41) is 8.08. The molecule has 2 rings (SSSR count). The zero-order valence-corrected chi connectivity index (χ0v) is 19.0. The van der Waals surface area contributed by atoms with Gasteiger partial charge in [-0.2, -0.15) is 0 Å². The minimum Gasteiger partial charge on any atom is -0.357 e. The van der Waals surface area contributed by atoms with E-state index in [0.29, 0.717) is 10.0 Å². The number of guanidine groups is 1. The quantitative estimate of drug-likeness (QED) is 0.354. The van der Waals surface area contributed by atoms with Gasteiger partial charge in [0.1, 0.15) is 0 Å². The highest BCUT2D eigenvalue weighted by Gasteiger charge is 2.14. The summed E-state index contributed by atoms with van der Waals surface area (Å²) in [4.78, 5) is 9.82. The fraction of sp³-hybridized carbons (Fsp3) is 0.667. The summed E-state index contributed by atoms with van der Waals surface area (Å²) in [6.07, 6.45) is 2.29. The Bertz CT molecular complexity index is 615. The molecule has 0 aromatic heterocycles. The van der Waals surface area contributed by atoms with E-state index < -0.39 is 0 Å². The first-order chi connectivity index (χ1) is 13.5. The molecule has 0 radical (unpaired) electrons. The van der Waals surface area contributed by atoms with Gasteiger partial charge in [-0.1, -0.05) is 36.2 Å². The number of likely N-dealkylation sites (N-methyl/N-ethyl adjacent to an activating group) is 1. The van der Waals surface area contributed by atoms with Crippen LogP contribution in [0.25, 0.3) is 0 Å². The van der Waals surface area contributed by atoms with Crippen LogP contribution in [0.4, 0.5) is 0 Å². The normalized spacial score (nSPS) is 17.5. The highest BCUT2D eigenvalue weighted by Crippen LogP contribution is 2.25. The molecule has 0 saturated carbocycles. The second-order valence-electron chi connectivity index (χ2n) is 7.28. The lowest BCUT2D eigenvalue weighted by atomic mass is 10.1. The largest absolute Gasteiger partial charge is 0.357 e. The molecule has 1 aliphatic heterocycles. The van der Waals surface area contributed by atoms with E-state index in [1.807, 2.05) is 12.1 Å². The van der Waals surface area contributed by atoms with Crippen molar-refractivity contribution in [1.29, 1.82) is 0 Å². The first-order valence-electron chi connectivity index (χ1n) is 10.5. The topological polar surface area (TPSA) is 42.9 Å². The molecular formula is C21H35Cl2N5. The number of benzene rings is 1. The minimum atomic E-state index is 0.0532. The number of nitrogens with zero attached hydrogens (tertiary/aromatic N) is 3. The van der Waals surface area contributed by atoms with Crippen LogP contribution in [0.5, 0.6) is 0 Å². The smallest absolute Gasteiger partial charge is 0.191 e. The molecule has 0 aliphatic carbocycles. The van der Waals surface area contributed by atoms with Gasteiger partial charge in [-0.05, 0) is 57.5 Å². The van der Waals surface area contributed by atoms with Crippen molar-refractivity contribution in [2.45, 2.75) is 39.7 Å². The van der Waals surface area contributed by atoms with Crippen LogP contribution >= 0.6 is 23.2 Å². The SMILES string of the molecule is CCNC(=NCCCCN1CCN(CC)CC1)NC(C)c1ccc(Cl)cc1Cl. The van der Waals surface area contributed by atoms with Crippen molar-refractivity contribution >= 4 is 29.2 Å². The van der Waals surface area contributed by atoms with Crippen LogP contribution in [0.2, 0.25) is 10.0 Å². The molecule has 1 aliphatic rings. The van der Waals surface area contributed by atoms with Gasteiger partial charge >= 0.3 is 0 Å². The van der Waals surface area contributed by atoms with Crippen LogP contribution in [-0.2, 0) is 0 Å². The van der Waals surface area contributed by atoms with Gasteiger partial charge in [0, 0.05) is 49.3 Å². The third-order valence-electron chi connectivity index (χ3n) is 5.19. The second kappa shape index (κ2) is 12.5. The first-order valence-corrected chi connectivity index (χ1v) is 11.2. The zero-order valence-electron chi connectivity index (χ0n) is 17.5. The van der Waals surface area contributed by atoms with Crippen LogP contribution < -0.4 is 10.6 Å². The van der Waals surface area contributed by atoms with Gasteiger partial charge < -0.3 is 20.4 Å². The number of rotatable bonds is 9. The van der Waals surface area contributed by atoms with Gasteiger partial charge in [0.2, 0.25) is 0 Å². The molecule has 1 heterocycles. The number of piperazine rings is 1. The first kappa shape index (κ1) is 23.3. The van der Waals surface area contributed by atoms with Gasteiger partial charge in [0.25, 0.3) is 0 Å². The van der Waals surface area contributed by atoms with E-state index in [-0.39, 0.29) is 6.04 Å². The van der Waals surface area contributed by atoms with Crippen molar-refractivity contribution in [3.63, 3.8) is 0 Å². The maximum absolute atomic E-state index is 6.33. The van der Waals surface area contributed by atoms with Gasteiger partial charge in [0.15, 0.2) is 5.96 Å². The molecule has 0 amide bonds. The molecule has 1 fully saturated rings. The van der Waals surface area contributed by atoms with E-state index in [2.05, 4.69) is 41.2 Å². The number of halogens is 2. The zero-order chi connectivity index (χ0) is 20.4. The van der Waals surface area contributed by atoms with Crippen molar-refractivity contribution in [3.8, 4) is 0 Å². The highest BCUT2D eigenvalue weighted by molar-refractivity contribution is 6.35. The summed E-state index contributed by atoms with van der Waals surface area (Å²) in [6, 6.07) is 5.66.